The molecule has 0 bridgehead atoms. The molecule has 2 aliphatic rings. The molecule has 6 heteroatoms. The van der Waals surface area contributed by atoms with Gasteiger partial charge in [0.15, 0.2) is 0 Å². The number of carboxylic acids is 1. The van der Waals surface area contributed by atoms with Gasteiger partial charge in [-0.25, -0.2) is 4.79 Å². The Morgan fingerprint density at radius 2 is 1.63 bits per heavy atom. The molecule has 1 aromatic heterocycles. The maximum absolute atomic E-state index is 11.9. The number of piperidine rings is 1. The number of rotatable bonds is 4. The molecule has 2 aromatic rings. The third-order valence-electron chi connectivity index (χ3n) is 5.80. The first-order chi connectivity index (χ1) is 13.1. The third-order valence-corrected chi connectivity index (χ3v) is 5.80. The predicted molar refractivity (Wildman–Crippen MR) is 106 cm³/mol. The molecule has 3 heterocycles. The molecule has 0 unspecified atom stereocenters. The van der Waals surface area contributed by atoms with Gasteiger partial charge in [-0.05, 0) is 68.6 Å². The van der Waals surface area contributed by atoms with E-state index in [1.807, 2.05) is 12.1 Å². The quantitative estimate of drug-likeness (QED) is 0.869. The molecule has 0 radical (unpaired) electrons. The van der Waals surface area contributed by atoms with Gasteiger partial charge in [0.25, 0.3) is 5.56 Å². The van der Waals surface area contributed by atoms with Crippen LogP contribution in [0.15, 0.2) is 41.2 Å². The normalized spacial score (nSPS) is 18.7. The summed E-state index contributed by atoms with van der Waals surface area (Å²) < 4.78 is 0. The summed E-state index contributed by atoms with van der Waals surface area (Å²) in [5.41, 5.74) is 1.89. The lowest BCUT2D eigenvalue weighted by Gasteiger charge is -2.37. The van der Waals surface area contributed by atoms with Gasteiger partial charge in [-0.15, -0.1) is 0 Å². The topological polar surface area (TPSA) is 76.6 Å². The molecule has 6 nitrogen and oxygen atoms in total. The van der Waals surface area contributed by atoms with E-state index in [0.717, 1.165) is 24.7 Å². The number of pyridine rings is 1. The highest BCUT2D eigenvalue weighted by Crippen LogP contribution is 2.26. The molecule has 1 aromatic carbocycles. The number of carboxylic acid groups (broad SMARTS) is 1. The maximum atomic E-state index is 11.9. The minimum atomic E-state index is -1.21. The molecule has 2 saturated heterocycles. The number of hydrogen-bond donors (Lipinski definition) is 2. The number of H-pyrrole nitrogens is 1. The van der Waals surface area contributed by atoms with Crippen LogP contribution in [0.1, 0.15) is 36.0 Å². The van der Waals surface area contributed by atoms with Crippen LogP contribution in [-0.4, -0.2) is 53.2 Å². The largest absolute Gasteiger partial charge is 0.477 e. The van der Waals surface area contributed by atoms with Crippen LogP contribution in [0.3, 0.4) is 0 Å². The molecule has 0 atom stereocenters. The van der Waals surface area contributed by atoms with Crippen molar-refractivity contribution < 1.29 is 9.90 Å². The van der Waals surface area contributed by atoms with Crippen molar-refractivity contribution in [3.8, 4) is 11.3 Å². The fourth-order valence-electron chi connectivity index (χ4n) is 4.26. The lowest BCUT2D eigenvalue weighted by molar-refractivity contribution is 0.0695. The van der Waals surface area contributed by atoms with Crippen LogP contribution in [0.2, 0.25) is 0 Å². The molecule has 2 fully saturated rings. The zero-order chi connectivity index (χ0) is 18.8. The molecular weight excluding hydrogens is 342 g/mol. The van der Waals surface area contributed by atoms with E-state index in [4.69, 9.17) is 5.11 Å². The standard InChI is InChI=1S/C21H25N3O3/c25-20-18(21(26)27)7-8-19(22-20)15-3-5-16(6-4-15)24-13-9-17(10-14-24)23-11-1-2-12-23/h3-8,17H,1-2,9-14H2,(H,22,25)(H,26,27). The summed E-state index contributed by atoms with van der Waals surface area (Å²) in [7, 11) is 0. The Balaban J connectivity index is 1.43. The van der Waals surface area contributed by atoms with Crippen molar-refractivity contribution >= 4 is 11.7 Å². The summed E-state index contributed by atoms with van der Waals surface area (Å²) in [6, 6.07) is 11.8. The Hall–Kier alpha value is -2.60. The molecule has 4 rings (SSSR count). The molecule has 27 heavy (non-hydrogen) atoms. The second-order valence-electron chi connectivity index (χ2n) is 7.43. The smallest absolute Gasteiger partial charge is 0.341 e. The van der Waals surface area contributed by atoms with Gasteiger partial charge in [0.2, 0.25) is 0 Å². The number of anilines is 1. The summed E-state index contributed by atoms with van der Waals surface area (Å²) in [6.07, 6.45) is 5.12. The summed E-state index contributed by atoms with van der Waals surface area (Å²) in [5.74, 6) is -1.21. The van der Waals surface area contributed by atoms with E-state index >= 15 is 0 Å². The summed E-state index contributed by atoms with van der Waals surface area (Å²) in [4.78, 5) is 30.6. The van der Waals surface area contributed by atoms with E-state index in [1.165, 1.54) is 50.5 Å². The van der Waals surface area contributed by atoms with Crippen LogP contribution >= 0.6 is 0 Å². The van der Waals surface area contributed by atoms with Crippen molar-refractivity contribution in [1.82, 2.24) is 9.88 Å². The second kappa shape index (κ2) is 7.56. The number of nitrogens with one attached hydrogen (secondary N) is 1. The Morgan fingerprint density at radius 1 is 0.963 bits per heavy atom. The molecular formula is C21H25N3O3. The van der Waals surface area contributed by atoms with Crippen LogP contribution in [0.25, 0.3) is 11.3 Å². The molecule has 2 aliphatic heterocycles. The van der Waals surface area contributed by atoms with Gasteiger partial charge >= 0.3 is 5.97 Å². The first-order valence-electron chi connectivity index (χ1n) is 9.68. The number of nitrogens with zero attached hydrogens (tertiary/aromatic N) is 2. The zero-order valence-electron chi connectivity index (χ0n) is 15.4. The lowest BCUT2D eigenvalue weighted by atomic mass is 10.0. The van der Waals surface area contributed by atoms with E-state index in [1.54, 1.807) is 6.07 Å². The van der Waals surface area contributed by atoms with Crippen molar-refractivity contribution in [2.75, 3.05) is 31.1 Å². The number of likely N-dealkylation sites (tertiary alicyclic amines) is 1. The third kappa shape index (κ3) is 3.76. The average molecular weight is 367 g/mol. The van der Waals surface area contributed by atoms with Crippen molar-refractivity contribution in [3.63, 3.8) is 0 Å². The molecule has 2 N–H and O–H groups in total. The SMILES string of the molecule is O=C(O)c1ccc(-c2ccc(N3CCC(N4CCCC4)CC3)cc2)[nH]c1=O. The first kappa shape index (κ1) is 17.8. The first-order valence-corrected chi connectivity index (χ1v) is 9.68. The van der Waals surface area contributed by atoms with E-state index < -0.39 is 11.5 Å². The highest BCUT2D eigenvalue weighted by molar-refractivity contribution is 5.87. The minimum absolute atomic E-state index is 0.240. The lowest BCUT2D eigenvalue weighted by Crippen LogP contribution is -2.43. The van der Waals surface area contributed by atoms with Crippen LogP contribution in [0.5, 0.6) is 0 Å². The number of aromatic carboxylic acids is 1. The maximum Gasteiger partial charge on any atom is 0.341 e. The summed E-state index contributed by atoms with van der Waals surface area (Å²) in [6.45, 7) is 4.67. The molecule has 0 amide bonds. The molecule has 0 spiro atoms. The highest BCUT2D eigenvalue weighted by atomic mass is 16.4. The molecule has 0 aliphatic carbocycles. The number of hydrogen-bond acceptors (Lipinski definition) is 4. The van der Waals surface area contributed by atoms with Gasteiger partial charge in [0.05, 0.1) is 0 Å². The van der Waals surface area contributed by atoms with Gasteiger partial charge in [0, 0.05) is 30.5 Å². The van der Waals surface area contributed by atoms with E-state index in [9.17, 15) is 9.59 Å². The molecule has 142 valence electrons. The Morgan fingerprint density at radius 3 is 2.22 bits per heavy atom. The fraction of sp³-hybridized carbons (Fsp3) is 0.429. The van der Waals surface area contributed by atoms with Crippen molar-refractivity contribution in [3.05, 3.63) is 52.3 Å². The van der Waals surface area contributed by atoms with E-state index in [0.29, 0.717) is 5.69 Å². The number of benzene rings is 1. The van der Waals surface area contributed by atoms with Gasteiger partial charge in [-0.1, -0.05) is 12.1 Å². The van der Waals surface area contributed by atoms with Gasteiger partial charge in [-0.3, -0.25) is 4.79 Å². The van der Waals surface area contributed by atoms with Gasteiger partial charge in [-0.2, -0.15) is 0 Å². The van der Waals surface area contributed by atoms with Crippen molar-refractivity contribution in [1.29, 1.82) is 0 Å². The second-order valence-corrected chi connectivity index (χ2v) is 7.43. The fourth-order valence-corrected chi connectivity index (χ4v) is 4.26. The average Bonchev–Trinajstić information content (AvgIpc) is 3.23. The van der Waals surface area contributed by atoms with Crippen LogP contribution in [0.4, 0.5) is 5.69 Å². The Kier molecular flexibility index (Phi) is 4.99. The van der Waals surface area contributed by atoms with E-state index in [2.05, 4.69) is 26.9 Å². The Bertz CT molecular complexity index is 861. The monoisotopic (exact) mass is 367 g/mol. The number of aromatic amines is 1. The Labute approximate surface area is 158 Å². The number of carbonyl (C=O) groups is 1. The van der Waals surface area contributed by atoms with Gasteiger partial charge < -0.3 is 19.9 Å². The van der Waals surface area contributed by atoms with Crippen molar-refractivity contribution in [2.24, 2.45) is 0 Å². The summed E-state index contributed by atoms with van der Waals surface area (Å²) in [5, 5.41) is 8.97. The van der Waals surface area contributed by atoms with Crippen molar-refractivity contribution in [2.45, 2.75) is 31.7 Å². The van der Waals surface area contributed by atoms with Gasteiger partial charge in [0.1, 0.15) is 5.56 Å². The van der Waals surface area contributed by atoms with Crippen LogP contribution in [-0.2, 0) is 0 Å². The zero-order valence-corrected chi connectivity index (χ0v) is 15.4. The minimum Gasteiger partial charge on any atom is -0.477 e. The predicted octanol–water partition coefficient (Wildman–Crippen LogP) is 2.80. The van der Waals surface area contributed by atoms with E-state index in [-0.39, 0.29) is 5.56 Å². The van der Waals surface area contributed by atoms with Crippen LogP contribution in [0, 0.1) is 0 Å². The number of aromatic nitrogens is 1. The van der Waals surface area contributed by atoms with Crippen LogP contribution < -0.4 is 10.5 Å². The highest BCUT2D eigenvalue weighted by Gasteiger charge is 2.26. The summed E-state index contributed by atoms with van der Waals surface area (Å²) >= 11 is 0. The molecule has 0 saturated carbocycles.